The van der Waals surface area contributed by atoms with Gasteiger partial charge in [0, 0.05) is 14.9 Å². The van der Waals surface area contributed by atoms with E-state index in [0.717, 1.165) is 17.0 Å². The molecule has 0 radical (unpaired) electrons. The minimum absolute atomic E-state index is 0.376. The number of hydrogen-bond acceptors (Lipinski definition) is 2. The predicted molar refractivity (Wildman–Crippen MR) is 72.2 cm³/mol. The normalized spacial score (nSPS) is 13.6. The van der Waals surface area contributed by atoms with Crippen molar-refractivity contribution in [2.45, 2.75) is 19.2 Å². The highest BCUT2D eigenvalue weighted by Gasteiger charge is 2.36. The number of aliphatic hydroxyl groups is 1. The first-order chi connectivity index (χ1) is 9.21. The summed E-state index contributed by atoms with van der Waals surface area (Å²) < 4.78 is 52.4. The maximum Gasteiger partial charge on any atom is 0.419 e. The second kappa shape index (κ2) is 5.46. The Bertz CT molecular complexity index is 636. The van der Waals surface area contributed by atoms with Crippen molar-refractivity contribution in [3.63, 3.8) is 0 Å². The molecule has 0 amide bonds. The topological polar surface area (TPSA) is 20.2 Å². The van der Waals surface area contributed by atoms with Gasteiger partial charge in [-0.15, -0.1) is 11.3 Å². The van der Waals surface area contributed by atoms with Crippen LogP contribution in [0.3, 0.4) is 0 Å². The Hall–Kier alpha value is -0.920. The van der Waals surface area contributed by atoms with Gasteiger partial charge >= 0.3 is 6.18 Å². The predicted octanol–water partition coefficient (Wildman–Crippen LogP) is 5.06. The molecule has 0 aliphatic carbocycles. The van der Waals surface area contributed by atoms with E-state index in [-0.39, 0.29) is 5.56 Å². The van der Waals surface area contributed by atoms with Gasteiger partial charge in [-0.1, -0.05) is 12.1 Å². The van der Waals surface area contributed by atoms with E-state index >= 15 is 0 Å². The molecule has 0 saturated carbocycles. The molecule has 1 unspecified atom stereocenters. The van der Waals surface area contributed by atoms with Crippen LogP contribution in [0, 0.1) is 12.7 Å². The number of alkyl halides is 3. The average molecular weight is 369 g/mol. The Labute approximate surface area is 125 Å². The van der Waals surface area contributed by atoms with Crippen molar-refractivity contribution in [3.05, 3.63) is 55.4 Å². The van der Waals surface area contributed by atoms with Crippen molar-refractivity contribution in [1.29, 1.82) is 0 Å². The van der Waals surface area contributed by atoms with Crippen LogP contribution in [-0.4, -0.2) is 5.11 Å². The van der Waals surface area contributed by atoms with E-state index in [1.165, 1.54) is 11.3 Å². The van der Waals surface area contributed by atoms with E-state index in [4.69, 9.17) is 0 Å². The van der Waals surface area contributed by atoms with Crippen molar-refractivity contribution in [2.24, 2.45) is 0 Å². The molecule has 2 aromatic rings. The monoisotopic (exact) mass is 368 g/mol. The Balaban J connectivity index is 2.51. The Morgan fingerprint density at radius 1 is 1.30 bits per heavy atom. The third kappa shape index (κ3) is 2.89. The molecule has 0 bridgehead atoms. The summed E-state index contributed by atoms with van der Waals surface area (Å²) in [7, 11) is 0. The molecule has 1 atom stereocenters. The molecule has 2 rings (SSSR count). The zero-order valence-corrected chi connectivity index (χ0v) is 12.5. The van der Waals surface area contributed by atoms with Crippen LogP contribution in [0.1, 0.15) is 27.0 Å². The van der Waals surface area contributed by atoms with E-state index < -0.39 is 23.7 Å². The molecule has 1 heterocycles. The van der Waals surface area contributed by atoms with Crippen LogP contribution in [0.4, 0.5) is 17.6 Å². The zero-order chi connectivity index (χ0) is 15.1. The lowest BCUT2D eigenvalue weighted by molar-refractivity contribution is -0.140. The van der Waals surface area contributed by atoms with Gasteiger partial charge in [0.1, 0.15) is 11.9 Å². The highest BCUT2D eigenvalue weighted by atomic mass is 79.9. The van der Waals surface area contributed by atoms with Crippen LogP contribution in [0.25, 0.3) is 0 Å². The van der Waals surface area contributed by atoms with Gasteiger partial charge < -0.3 is 5.11 Å². The Kier molecular flexibility index (Phi) is 4.22. The number of rotatable bonds is 2. The van der Waals surface area contributed by atoms with Gasteiger partial charge in [-0.2, -0.15) is 13.2 Å². The standard InChI is InChI=1S/C13H9BrF4OS/c1-6-5-9(14)12(20-6)11(19)7-3-2-4-8(10(7)15)13(16,17)18/h2-5,11,19H,1H3. The highest BCUT2D eigenvalue weighted by Crippen LogP contribution is 2.39. The number of aryl methyl sites for hydroxylation is 1. The minimum Gasteiger partial charge on any atom is -0.383 e. The molecular weight excluding hydrogens is 360 g/mol. The largest absolute Gasteiger partial charge is 0.419 e. The van der Waals surface area contributed by atoms with Gasteiger partial charge in [-0.05, 0) is 35.0 Å². The van der Waals surface area contributed by atoms with Crippen LogP contribution in [-0.2, 0) is 6.18 Å². The third-order valence-corrected chi connectivity index (χ3v) is 4.73. The molecule has 20 heavy (non-hydrogen) atoms. The first kappa shape index (κ1) is 15.5. The summed E-state index contributed by atoms with van der Waals surface area (Å²) in [5.41, 5.74) is -1.76. The molecule has 0 saturated heterocycles. The van der Waals surface area contributed by atoms with Crippen molar-refractivity contribution in [2.75, 3.05) is 0 Å². The second-order valence-electron chi connectivity index (χ2n) is 4.18. The molecule has 108 valence electrons. The van der Waals surface area contributed by atoms with Crippen molar-refractivity contribution in [3.8, 4) is 0 Å². The molecular formula is C13H9BrF4OS. The molecule has 1 nitrogen and oxygen atoms in total. The van der Waals surface area contributed by atoms with E-state index in [2.05, 4.69) is 15.9 Å². The Morgan fingerprint density at radius 3 is 2.45 bits per heavy atom. The molecule has 1 aromatic heterocycles. The number of thiophene rings is 1. The number of benzene rings is 1. The first-order valence-electron chi connectivity index (χ1n) is 5.51. The molecule has 1 aromatic carbocycles. The molecule has 0 aliphatic rings. The lowest BCUT2D eigenvalue weighted by atomic mass is 10.0. The summed E-state index contributed by atoms with van der Waals surface area (Å²) in [6.07, 6.45) is -6.23. The van der Waals surface area contributed by atoms with Crippen molar-refractivity contribution >= 4 is 27.3 Å². The molecule has 0 fully saturated rings. The fraction of sp³-hybridized carbons (Fsp3) is 0.231. The van der Waals surface area contributed by atoms with E-state index in [1.54, 1.807) is 13.0 Å². The summed E-state index contributed by atoms with van der Waals surface area (Å²) in [5, 5.41) is 10.1. The van der Waals surface area contributed by atoms with Gasteiger partial charge in [0.15, 0.2) is 0 Å². The van der Waals surface area contributed by atoms with Gasteiger partial charge in [0.25, 0.3) is 0 Å². The summed E-state index contributed by atoms with van der Waals surface area (Å²) >= 11 is 4.40. The van der Waals surface area contributed by atoms with E-state index in [9.17, 15) is 22.7 Å². The maximum atomic E-state index is 14.0. The van der Waals surface area contributed by atoms with Gasteiger partial charge in [0.2, 0.25) is 0 Å². The number of halogens is 5. The van der Waals surface area contributed by atoms with E-state index in [0.29, 0.717) is 15.4 Å². The SMILES string of the molecule is Cc1cc(Br)c(C(O)c2cccc(C(F)(F)F)c2F)s1. The van der Waals surface area contributed by atoms with Gasteiger partial charge in [-0.25, -0.2) is 4.39 Å². The fourth-order valence-electron chi connectivity index (χ4n) is 1.81. The minimum atomic E-state index is -4.79. The molecule has 7 heteroatoms. The number of aliphatic hydroxyl groups excluding tert-OH is 1. The third-order valence-electron chi connectivity index (χ3n) is 2.71. The van der Waals surface area contributed by atoms with Crippen molar-refractivity contribution < 1.29 is 22.7 Å². The quantitative estimate of drug-likeness (QED) is 0.734. The summed E-state index contributed by atoms with van der Waals surface area (Å²) in [6, 6.07) is 4.60. The van der Waals surface area contributed by atoms with Crippen LogP contribution in [0.2, 0.25) is 0 Å². The van der Waals surface area contributed by atoms with Crippen LogP contribution >= 0.6 is 27.3 Å². The molecule has 0 aliphatic heterocycles. The lowest BCUT2D eigenvalue weighted by Crippen LogP contribution is -2.12. The van der Waals surface area contributed by atoms with Crippen molar-refractivity contribution in [1.82, 2.24) is 0 Å². The van der Waals surface area contributed by atoms with Gasteiger partial charge in [0.05, 0.1) is 10.4 Å². The van der Waals surface area contributed by atoms with Crippen LogP contribution in [0.15, 0.2) is 28.7 Å². The first-order valence-corrected chi connectivity index (χ1v) is 7.12. The molecule has 0 spiro atoms. The highest BCUT2D eigenvalue weighted by molar-refractivity contribution is 9.10. The van der Waals surface area contributed by atoms with E-state index in [1.807, 2.05) is 0 Å². The molecule has 1 N–H and O–H groups in total. The Morgan fingerprint density at radius 2 is 1.95 bits per heavy atom. The summed E-state index contributed by atoms with van der Waals surface area (Å²) in [4.78, 5) is 1.24. The van der Waals surface area contributed by atoms with Gasteiger partial charge in [-0.3, -0.25) is 0 Å². The second-order valence-corrected chi connectivity index (χ2v) is 6.32. The summed E-state index contributed by atoms with van der Waals surface area (Å²) in [6.45, 7) is 1.79. The lowest BCUT2D eigenvalue weighted by Gasteiger charge is -2.15. The average Bonchev–Trinajstić information content (AvgIpc) is 2.66. The number of hydrogen-bond donors (Lipinski definition) is 1. The smallest absolute Gasteiger partial charge is 0.383 e. The maximum absolute atomic E-state index is 14.0. The van der Waals surface area contributed by atoms with Crippen LogP contribution in [0.5, 0.6) is 0 Å². The fourth-order valence-corrected chi connectivity index (χ4v) is 3.68. The van der Waals surface area contributed by atoms with Crippen LogP contribution < -0.4 is 0 Å². The zero-order valence-electron chi connectivity index (χ0n) is 10.1. The summed E-state index contributed by atoms with van der Waals surface area (Å²) in [5.74, 6) is -1.44.